The molecule has 0 fully saturated rings. The third-order valence-corrected chi connectivity index (χ3v) is 2.83. The largest absolute Gasteiger partial charge is 2.00 e. The normalized spacial score (nSPS) is 8.29. The van der Waals surface area contributed by atoms with Crippen LogP contribution in [0.2, 0.25) is 0 Å². The van der Waals surface area contributed by atoms with Crippen molar-refractivity contribution in [2.24, 2.45) is 0 Å². The van der Waals surface area contributed by atoms with Crippen LogP contribution in [0.1, 0.15) is 52.4 Å². The second kappa shape index (κ2) is 26.6. The van der Waals surface area contributed by atoms with E-state index in [1.807, 2.05) is 30.3 Å². The molecule has 0 aromatic heterocycles. The zero-order valence-electron chi connectivity index (χ0n) is 15.0. The van der Waals surface area contributed by atoms with Crippen molar-refractivity contribution in [2.45, 2.75) is 52.4 Å². The van der Waals surface area contributed by atoms with Crippen LogP contribution in [0.25, 0.3) is 0 Å². The summed E-state index contributed by atoms with van der Waals surface area (Å²) in [4.78, 5) is 20.3. The fourth-order valence-corrected chi connectivity index (χ4v) is 1.79. The summed E-state index contributed by atoms with van der Waals surface area (Å²) < 4.78 is 0. The van der Waals surface area contributed by atoms with Crippen molar-refractivity contribution in [3.05, 3.63) is 48.7 Å². The predicted molar refractivity (Wildman–Crippen MR) is 85.0 cm³/mol. The molecular weight excluding hydrogens is 626 g/mol. The van der Waals surface area contributed by atoms with Gasteiger partial charge < -0.3 is 11.3 Å². The number of rotatable bonds is 9. The van der Waals surface area contributed by atoms with Crippen molar-refractivity contribution in [3.8, 4) is 0 Å². The van der Waals surface area contributed by atoms with Crippen LogP contribution in [0.15, 0.2) is 30.3 Å². The smallest absolute Gasteiger partial charge is 0.332 e. The Kier molecular flexibility index (Phi) is 36.7. The summed E-state index contributed by atoms with van der Waals surface area (Å²) in [6.45, 7) is 4.11. The summed E-state index contributed by atoms with van der Waals surface area (Å²) in [5, 5.41) is 0. The molecule has 0 saturated heterocycles. The van der Waals surface area contributed by atoms with Crippen molar-refractivity contribution in [1.82, 2.24) is 0 Å². The van der Waals surface area contributed by atoms with Crippen LogP contribution in [0, 0.1) is 18.4 Å². The molecule has 0 saturated carbocycles. The third kappa shape index (κ3) is 21.5. The molecule has 0 aliphatic rings. The summed E-state index contributed by atoms with van der Waals surface area (Å²) in [5.41, 5.74) is 0. The topological polar surface area (TPSA) is 35.5 Å². The van der Waals surface area contributed by atoms with E-state index in [9.17, 15) is 4.79 Å². The SMILES string of the molecule is C[CH-]CCCC[C-](CCC)C(=O)OOC.[W+2].[Y].[Y].[c-]1ccccc1. The molecule has 1 aromatic rings. The first-order valence-electron chi connectivity index (χ1n) is 7.54. The summed E-state index contributed by atoms with van der Waals surface area (Å²) >= 11 is 0. The van der Waals surface area contributed by atoms with Gasteiger partial charge in [0.15, 0.2) is 0 Å². The average molecular weight is 653 g/mol. The molecule has 24 heavy (non-hydrogen) atoms. The Morgan fingerprint density at radius 1 is 1.12 bits per heavy atom. The van der Waals surface area contributed by atoms with Gasteiger partial charge in [0.2, 0.25) is 5.97 Å². The van der Waals surface area contributed by atoms with E-state index >= 15 is 0 Å². The molecule has 0 bridgehead atoms. The van der Waals surface area contributed by atoms with Crippen LogP contribution in [-0.2, 0) is 101 Å². The van der Waals surface area contributed by atoms with Gasteiger partial charge in [-0.25, -0.2) is 0 Å². The van der Waals surface area contributed by atoms with Crippen molar-refractivity contribution in [2.75, 3.05) is 7.11 Å². The van der Waals surface area contributed by atoms with Crippen LogP contribution >= 0.6 is 0 Å². The molecule has 3 nitrogen and oxygen atoms in total. The average Bonchev–Trinajstić information content (AvgIpc) is 2.53. The minimum atomic E-state index is -0.306. The molecule has 1 aromatic carbocycles. The molecule has 0 atom stereocenters. The maximum absolute atomic E-state index is 11.4. The van der Waals surface area contributed by atoms with Gasteiger partial charge in [0.05, 0.1) is 7.11 Å². The molecule has 0 unspecified atom stereocenters. The molecule has 0 aliphatic carbocycles. The van der Waals surface area contributed by atoms with Gasteiger partial charge in [0.1, 0.15) is 0 Å². The van der Waals surface area contributed by atoms with Crippen molar-refractivity contribution in [3.63, 3.8) is 0 Å². The number of benzene rings is 1. The van der Waals surface area contributed by atoms with Gasteiger partial charge >= 0.3 is 21.1 Å². The van der Waals surface area contributed by atoms with E-state index in [1.54, 1.807) is 0 Å². The molecule has 1 rings (SSSR count). The Hall–Kier alpha value is 1.42. The van der Waals surface area contributed by atoms with Gasteiger partial charge in [-0.1, -0.05) is 26.2 Å². The Balaban J connectivity index is -0.000000189. The van der Waals surface area contributed by atoms with Crippen molar-refractivity contribution >= 4 is 5.97 Å². The minimum Gasteiger partial charge on any atom is -0.332 e. The first kappa shape index (κ1) is 33.0. The van der Waals surface area contributed by atoms with Crippen LogP contribution in [-0.4, -0.2) is 13.1 Å². The predicted octanol–water partition coefficient (Wildman–Crippen LogP) is 4.73. The van der Waals surface area contributed by atoms with Gasteiger partial charge in [0, 0.05) is 65.4 Å². The van der Waals surface area contributed by atoms with Gasteiger partial charge in [-0.2, -0.15) is 67.5 Å². The van der Waals surface area contributed by atoms with Gasteiger partial charge in [-0.05, 0) is 0 Å². The second-order valence-electron chi connectivity index (χ2n) is 4.62. The van der Waals surface area contributed by atoms with Crippen LogP contribution in [0.5, 0.6) is 0 Å². The molecule has 0 amide bonds. The van der Waals surface area contributed by atoms with E-state index in [4.69, 9.17) is 0 Å². The van der Waals surface area contributed by atoms with E-state index in [0.717, 1.165) is 44.4 Å². The van der Waals surface area contributed by atoms with E-state index in [-0.39, 0.29) is 92.5 Å². The Bertz CT molecular complexity index is 314. The molecule has 2 radical (unpaired) electrons. The molecular formula is C18H27O3WY2-. The van der Waals surface area contributed by atoms with Crippen LogP contribution < -0.4 is 0 Å². The second-order valence-corrected chi connectivity index (χ2v) is 4.62. The van der Waals surface area contributed by atoms with Gasteiger partial charge in [0.25, 0.3) is 0 Å². The minimum absolute atomic E-state index is 0. The molecule has 6 heteroatoms. The quantitative estimate of drug-likeness (QED) is 0.168. The monoisotopic (exact) mass is 653 g/mol. The van der Waals surface area contributed by atoms with E-state index < -0.39 is 0 Å². The zero-order chi connectivity index (χ0) is 15.8. The summed E-state index contributed by atoms with van der Waals surface area (Å²) in [6.07, 6.45) is 8.02. The Morgan fingerprint density at radius 3 is 2.12 bits per heavy atom. The van der Waals surface area contributed by atoms with E-state index in [2.05, 4.69) is 36.1 Å². The van der Waals surface area contributed by atoms with E-state index in [0.29, 0.717) is 0 Å². The maximum atomic E-state index is 11.4. The van der Waals surface area contributed by atoms with E-state index in [1.165, 1.54) is 7.11 Å². The molecule has 0 spiro atoms. The summed E-state index contributed by atoms with van der Waals surface area (Å²) in [6, 6.07) is 12.5. The van der Waals surface area contributed by atoms with Crippen molar-refractivity contribution < 1.29 is 101 Å². The summed E-state index contributed by atoms with van der Waals surface area (Å²) in [5.74, 6) is 0.537. The number of carbonyl (C=O) groups excluding carboxylic acids is 1. The van der Waals surface area contributed by atoms with Gasteiger partial charge in [-0.3, -0.25) is 10.7 Å². The maximum Gasteiger partial charge on any atom is 2.00 e. The Morgan fingerprint density at radius 2 is 1.75 bits per heavy atom. The first-order valence-corrected chi connectivity index (χ1v) is 7.54. The number of hydrogen-bond donors (Lipinski definition) is 0. The standard InChI is InChI=1S/C12H22O3.C6H5.W.2Y/c1-4-6-7-8-10-11(9-5-2)12(13)15-14-3;1-2-4-6-5-3-1;;;/h4H,5-10H2,1-3H3;1-5H;;;/q-2;-1;+2;;. The van der Waals surface area contributed by atoms with Crippen LogP contribution in [0.3, 0.4) is 0 Å². The fraction of sp³-hybridized carbons (Fsp3) is 0.500. The number of unbranched alkanes of at least 4 members (excludes halogenated alkanes) is 3. The number of carbonyl (C=O) groups is 1. The molecule has 0 aliphatic heterocycles. The molecule has 130 valence electrons. The zero-order valence-corrected chi connectivity index (χ0v) is 23.6. The fourth-order valence-electron chi connectivity index (χ4n) is 1.79. The number of hydrogen-bond acceptors (Lipinski definition) is 3. The first-order chi connectivity index (χ1) is 10.3. The van der Waals surface area contributed by atoms with Gasteiger partial charge in [-0.15, -0.1) is 0 Å². The molecule has 0 N–H and O–H groups in total. The molecule has 0 heterocycles. The van der Waals surface area contributed by atoms with Crippen molar-refractivity contribution in [1.29, 1.82) is 0 Å². The Labute approximate surface area is 212 Å². The van der Waals surface area contributed by atoms with Crippen LogP contribution in [0.4, 0.5) is 0 Å². The summed E-state index contributed by atoms with van der Waals surface area (Å²) in [7, 11) is 1.35. The third-order valence-electron chi connectivity index (χ3n) is 2.83.